The third kappa shape index (κ3) is 4.98. The van der Waals surface area contributed by atoms with Gasteiger partial charge in [-0.05, 0) is 38.1 Å². The van der Waals surface area contributed by atoms with E-state index >= 15 is 0 Å². The molecule has 5 nitrogen and oxygen atoms in total. The van der Waals surface area contributed by atoms with Crippen LogP contribution in [0.1, 0.15) is 19.3 Å². The lowest BCUT2D eigenvalue weighted by Crippen LogP contribution is -2.43. The number of sulfonamides is 1. The highest BCUT2D eigenvalue weighted by Crippen LogP contribution is 2.18. The lowest BCUT2D eigenvalue weighted by Gasteiger charge is -2.31. The smallest absolute Gasteiger partial charge is 0.232 e. The number of nitrogens with zero attached hydrogens (tertiary/aromatic N) is 2. The van der Waals surface area contributed by atoms with Gasteiger partial charge in [-0.1, -0.05) is 24.6 Å². The molecule has 0 spiro atoms. The molecule has 0 bridgehead atoms. The van der Waals surface area contributed by atoms with Crippen molar-refractivity contribution in [3.05, 3.63) is 30.3 Å². The summed E-state index contributed by atoms with van der Waals surface area (Å²) < 4.78 is 25.2. The molecule has 1 aromatic rings. The van der Waals surface area contributed by atoms with Crippen molar-refractivity contribution in [2.75, 3.05) is 36.7 Å². The Morgan fingerprint density at radius 3 is 2.38 bits per heavy atom. The third-order valence-corrected chi connectivity index (χ3v) is 4.90. The second-order valence-corrected chi connectivity index (χ2v) is 7.55. The molecule has 1 unspecified atom stereocenters. The quantitative estimate of drug-likeness (QED) is 0.860. The minimum atomic E-state index is -3.40. The van der Waals surface area contributed by atoms with Crippen LogP contribution in [0.5, 0.6) is 0 Å². The van der Waals surface area contributed by atoms with E-state index in [1.54, 1.807) is 24.3 Å². The van der Waals surface area contributed by atoms with Crippen molar-refractivity contribution in [2.45, 2.75) is 25.4 Å². The number of β-amino-alcohol motifs (C(OH)–C–C–N with tert-alkyl or cyclic N) is 1. The van der Waals surface area contributed by atoms with Gasteiger partial charge in [0.2, 0.25) is 10.0 Å². The third-order valence-electron chi connectivity index (χ3n) is 3.74. The SMILES string of the molecule is CS(=O)(=O)N(CC(O)CN1CCCCC1)c1ccccc1. The van der Waals surface area contributed by atoms with E-state index in [0.717, 1.165) is 25.9 Å². The number of hydrogen-bond acceptors (Lipinski definition) is 4. The average Bonchev–Trinajstić information content (AvgIpc) is 2.45. The molecular weight excluding hydrogens is 288 g/mol. The minimum absolute atomic E-state index is 0.0966. The Kier molecular flexibility index (Phi) is 5.61. The summed E-state index contributed by atoms with van der Waals surface area (Å²) >= 11 is 0. The Balaban J connectivity index is 2.02. The molecule has 1 fully saturated rings. The molecule has 6 heteroatoms. The van der Waals surface area contributed by atoms with Crippen molar-refractivity contribution < 1.29 is 13.5 Å². The molecule has 1 saturated heterocycles. The first-order valence-electron chi connectivity index (χ1n) is 7.40. The molecule has 1 aliphatic heterocycles. The van der Waals surface area contributed by atoms with Crippen molar-refractivity contribution in [2.24, 2.45) is 0 Å². The highest BCUT2D eigenvalue weighted by molar-refractivity contribution is 7.92. The summed E-state index contributed by atoms with van der Waals surface area (Å²) in [6.07, 6.45) is 4.04. The molecule has 1 aromatic carbocycles. The molecule has 2 rings (SSSR count). The maximum absolute atomic E-state index is 12.0. The van der Waals surface area contributed by atoms with Crippen molar-refractivity contribution >= 4 is 15.7 Å². The van der Waals surface area contributed by atoms with Gasteiger partial charge in [0, 0.05) is 6.54 Å². The number of benzene rings is 1. The minimum Gasteiger partial charge on any atom is -0.390 e. The van der Waals surface area contributed by atoms with E-state index in [2.05, 4.69) is 4.90 Å². The van der Waals surface area contributed by atoms with Crippen LogP contribution >= 0.6 is 0 Å². The number of aliphatic hydroxyl groups is 1. The summed E-state index contributed by atoms with van der Waals surface area (Å²) in [5.41, 5.74) is 0.595. The van der Waals surface area contributed by atoms with E-state index in [4.69, 9.17) is 0 Å². The van der Waals surface area contributed by atoms with Gasteiger partial charge >= 0.3 is 0 Å². The molecule has 21 heavy (non-hydrogen) atoms. The lowest BCUT2D eigenvalue weighted by atomic mass is 10.1. The van der Waals surface area contributed by atoms with Gasteiger partial charge in [-0.25, -0.2) is 8.42 Å². The number of aliphatic hydroxyl groups excluding tert-OH is 1. The van der Waals surface area contributed by atoms with Crippen molar-refractivity contribution in [3.63, 3.8) is 0 Å². The summed E-state index contributed by atoms with van der Waals surface area (Å²) in [6, 6.07) is 8.92. The van der Waals surface area contributed by atoms with Crippen LogP contribution in [0.15, 0.2) is 30.3 Å². The van der Waals surface area contributed by atoms with E-state index in [-0.39, 0.29) is 6.54 Å². The van der Waals surface area contributed by atoms with Crippen LogP contribution in [0.4, 0.5) is 5.69 Å². The van der Waals surface area contributed by atoms with Gasteiger partial charge in [0.15, 0.2) is 0 Å². The molecular formula is C15H24N2O3S. The summed E-state index contributed by atoms with van der Waals surface area (Å²) in [6.45, 7) is 2.60. The van der Waals surface area contributed by atoms with Crippen LogP contribution in [0.25, 0.3) is 0 Å². The van der Waals surface area contributed by atoms with Gasteiger partial charge in [-0.2, -0.15) is 0 Å². The fourth-order valence-corrected chi connectivity index (χ4v) is 3.66. The highest BCUT2D eigenvalue weighted by atomic mass is 32.2. The molecule has 0 radical (unpaired) electrons. The Bertz CT molecular complexity index is 527. The predicted octanol–water partition coefficient (Wildman–Crippen LogP) is 1.30. The molecule has 1 N–H and O–H groups in total. The van der Waals surface area contributed by atoms with Gasteiger partial charge in [0.05, 0.1) is 24.6 Å². The van der Waals surface area contributed by atoms with Crippen molar-refractivity contribution in [1.29, 1.82) is 0 Å². The zero-order valence-electron chi connectivity index (χ0n) is 12.5. The first-order chi connectivity index (χ1) is 9.97. The van der Waals surface area contributed by atoms with Gasteiger partial charge < -0.3 is 10.0 Å². The van der Waals surface area contributed by atoms with E-state index in [9.17, 15) is 13.5 Å². The molecule has 1 heterocycles. The van der Waals surface area contributed by atoms with Gasteiger partial charge in [-0.15, -0.1) is 0 Å². The fourth-order valence-electron chi connectivity index (χ4n) is 2.72. The molecule has 0 amide bonds. The largest absolute Gasteiger partial charge is 0.390 e. The predicted molar refractivity (Wildman–Crippen MR) is 84.9 cm³/mol. The van der Waals surface area contributed by atoms with E-state index in [0.29, 0.717) is 12.2 Å². The van der Waals surface area contributed by atoms with Gasteiger partial charge in [0.25, 0.3) is 0 Å². The van der Waals surface area contributed by atoms with Crippen LogP contribution in [0, 0.1) is 0 Å². The maximum Gasteiger partial charge on any atom is 0.232 e. The second-order valence-electron chi connectivity index (χ2n) is 5.64. The van der Waals surface area contributed by atoms with E-state index in [1.165, 1.54) is 17.0 Å². The second kappa shape index (κ2) is 7.24. The molecule has 0 aromatic heterocycles. The first kappa shape index (κ1) is 16.3. The van der Waals surface area contributed by atoms with Gasteiger partial charge in [0.1, 0.15) is 0 Å². The summed E-state index contributed by atoms with van der Waals surface area (Å²) in [7, 11) is -3.40. The van der Waals surface area contributed by atoms with E-state index < -0.39 is 16.1 Å². The van der Waals surface area contributed by atoms with Crippen molar-refractivity contribution in [1.82, 2.24) is 4.90 Å². The number of rotatable bonds is 6. The Morgan fingerprint density at radius 2 is 1.81 bits per heavy atom. The zero-order valence-corrected chi connectivity index (χ0v) is 13.3. The first-order valence-corrected chi connectivity index (χ1v) is 9.25. The zero-order chi connectivity index (χ0) is 15.3. The van der Waals surface area contributed by atoms with E-state index in [1.807, 2.05) is 6.07 Å². The normalized spacial score (nSPS) is 18.4. The Morgan fingerprint density at radius 1 is 1.19 bits per heavy atom. The maximum atomic E-state index is 12.0. The van der Waals surface area contributed by atoms with Crippen LogP contribution in [0.2, 0.25) is 0 Å². The van der Waals surface area contributed by atoms with Crippen LogP contribution < -0.4 is 4.31 Å². The Hall–Kier alpha value is -1.11. The molecule has 1 aliphatic rings. The topological polar surface area (TPSA) is 60.9 Å². The number of anilines is 1. The van der Waals surface area contributed by atoms with Crippen LogP contribution in [0.3, 0.4) is 0 Å². The molecule has 1 atom stereocenters. The summed E-state index contributed by atoms with van der Waals surface area (Å²) in [4.78, 5) is 2.21. The fraction of sp³-hybridized carbons (Fsp3) is 0.600. The number of para-hydroxylation sites is 1. The lowest BCUT2D eigenvalue weighted by molar-refractivity contribution is 0.107. The van der Waals surface area contributed by atoms with Gasteiger partial charge in [-0.3, -0.25) is 4.31 Å². The average molecular weight is 312 g/mol. The van der Waals surface area contributed by atoms with Crippen LogP contribution in [-0.2, 0) is 10.0 Å². The molecule has 0 aliphatic carbocycles. The number of hydrogen-bond donors (Lipinski definition) is 1. The summed E-state index contributed by atoms with van der Waals surface area (Å²) in [5, 5.41) is 10.2. The monoisotopic (exact) mass is 312 g/mol. The standard InChI is InChI=1S/C15H24N2O3S/c1-21(19,20)17(14-8-4-2-5-9-14)13-15(18)12-16-10-6-3-7-11-16/h2,4-5,8-9,15,18H,3,6-7,10-13H2,1H3. The summed E-state index contributed by atoms with van der Waals surface area (Å²) in [5.74, 6) is 0. The van der Waals surface area contributed by atoms with Crippen LogP contribution in [-0.4, -0.2) is 57.0 Å². The number of likely N-dealkylation sites (tertiary alicyclic amines) is 1. The number of piperidine rings is 1. The van der Waals surface area contributed by atoms with Crippen molar-refractivity contribution in [3.8, 4) is 0 Å². The molecule has 118 valence electrons. The highest BCUT2D eigenvalue weighted by Gasteiger charge is 2.22. The molecule has 0 saturated carbocycles. The Labute approximate surface area is 127 Å².